The van der Waals surface area contributed by atoms with Crippen LogP contribution in [0.1, 0.15) is 19.3 Å². The van der Waals surface area contributed by atoms with E-state index in [4.69, 9.17) is 9.40 Å². The third kappa shape index (κ3) is 2.52. The van der Waals surface area contributed by atoms with Gasteiger partial charge in [-0.2, -0.15) is 0 Å². The molecule has 0 saturated carbocycles. The van der Waals surface area contributed by atoms with Crippen molar-refractivity contribution in [3.63, 3.8) is 0 Å². The highest BCUT2D eigenvalue weighted by atomic mass is 16.3. The maximum absolute atomic E-state index is 5.56. The summed E-state index contributed by atoms with van der Waals surface area (Å²) < 4.78 is 7.74. The van der Waals surface area contributed by atoms with Crippen LogP contribution in [0.25, 0.3) is 22.7 Å². The van der Waals surface area contributed by atoms with Crippen molar-refractivity contribution in [3.05, 3.63) is 36.7 Å². The van der Waals surface area contributed by atoms with Gasteiger partial charge < -0.3 is 13.9 Å². The van der Waals surface area contributed by atoms with Crippen LogP contribution in [-0.4, -0.2) is 39.1 Å². The second-order valence-electron chi connectivity index (χ2n) is 5.81. The van der Waals surface area contributed by atoms with Gasteiger partial charge >= 0.3 is 0 Å². The van der Waals surface area contributed by atoms with Crippen LogP contribution in [-0.2, 0) is 6.54 Å². The third-order valence-electron chi connectivity index (χ3n) is 4.33. The van der Waals surface area contributed by atoms with Crippen LogP contribution in [0.3, 0.4) is 0 Å². The highest BCUT2D eigenvalue weighted by molar-refractivity contribution is 5.75. The van der Waals surface area contributed by atoms with Crippen molar-refractivity contribution in [2.45, 2.75) is 25.8 Å². The van der Waals surface area contributed by atoms with Crippen LogP contribution >= 0.6 is 0 Å². The molecule has 0 aliphatic carbocycles. The smallest absolute Gasteiger partial charge is 0.178 e. The first-order chi connectivity index (χ1) is 10.9. The van der Waals surface area contributed by atoms with Crippen molar-refractivity contribution >= 4 is 11.2 Å². The number of fused-ring (bicyclic) bond motifs is 1. The highest BCUT2D eigenvalue weighted by Gasteiger charge is 2.17. The van der Waals surface area contributed by atoms with E-state index < -0.39 is 0 Å². The topological polar surface area (TPSA) is 47.1 Å². The molecular weight excluding hydrogens is 276 g/mol. The lowest BCUT2D eigenvalue weighted by molar-refractivity contribution is 0.221. The molecule has 1 fully saturated rings. The minimum absolute atomic E-state index is 0.802. The van der Waals surface area contributed by atoms with Crippen LogP contribution in [0.4, 0.5) is 0 Å². The number of rotatable bonds is 4. The minimum Gasteiger partial charge on any atom is -0.461 e. The van der Waals surface area contributed by atoms with Crippen molar-refractivity contribution < 1.29 is 4.42 Å². The molecule has 0 N–H and O–H groups in total. The zero-order valence-electron chi connectivity index (χ0n) is 12.6. The number of pyridine rings is 1. The van der Waals surface area contributed by atoms with E-state index in [1.165, 1.54) is 32.4 Å². The summed E-state index contributed by atoms with van der Waals surface area (Å²) in [6.07, 6.45) is 7.51. The molecule has 22 heavy (non-hydrogen) atoms. The number of furan rings is 1. The van der Waals surface area contributed by atoms with Crippen molar-refractivity contribution in [2.75, 3.05) is 19.6 Å². The summed E-state index contributed by atoms with van der Waals surface area (Å²) in [5, 5.41) is 0. The highest BCUT2D eigenvalue weighted by Crippen LogP contribution is 2.24. The number of hydrogen-bond acceptors (Lipinski definition) is 4. The lowest BCUT2D eigenvalue weighted by Crippen LogP contribution is -2.32. The summed E-state index contributed by atoms with van der Waals surface area (Å²) in [7, 11) is 0. The molecule has 1 aliphatic heterocycles. The molecule has 5 heteroatoms. The van der Waals surface area contributed by atoms with Crippen molar-refractivity contribution in [1.29, 1.82) is 0 Å². The van der Waals surface area contributed by atoms with Crippen LogP contribution in [0.2, 0.25) is 0 Å². The Morgan fingerprint density at radius 2 is 1.95 bits per heavy atom. The average Bonchev–Trinajstić information content (AvgIpc) is 3.21. The third-order valence-corrected chi connectivity index (χ3v) is 4.33. The van der Waals surface area contributed by atoms with Gasteiger partial charge in [0.25, 0.3) is 0 Å². The number of aromatic nitrogens is 3. The molecule has 0 spiro atoms. The monoisotopic (exact) mass is 296 g/mol. The van der Waals surface area contributed by atoms with E-state index in [0.29, 0.717) is 0 Å². The summed E-state index contributed by atoms with van der Waals surface area (Å²) in [5.41, 5.74) is 1.86. The average molecular weight is 296 g/mol. The Labute approximate surface area is 129 Å². The molecule has 4 rings (SSSR count). The summed E-state index contributed by atoms with van der Waals surface area (Å²) in [5.74, 6) is 1.67. The van der Waals surface area contributed by atoms with Crippen LogP contribution < -0.4 is 0 Å². The molecule has 0 bridgehead atoms. The molecule has 0 aromatic carbocycles. The van der Waals surface area contributed by atoms with E-state index in [0.717, 1.165) is 35.8 Å². The first-order valence-corrected chi connectivity index (χ1v) is 7.99. The first-order valence-electron chi connectivity index (χ1n) is 7.99. The van der Waals surface area contributed by atoms with Gasteiger partial charge in [-0.25, -0.2) is 9.97 Å². The zero-order valence-corrected chi connectivity index (χ0v) is 12.6. The second kappa shape index (κ2) is 5.93. The molecule has 0 atom stereocenters. The van der Waals surface area contributed by atoms with Crippen molar-refractivity contribution in [2.24, 2.45) is 0 Å². The van der Waals surface area contributed by atoms with E-state index in [-0.39, 0.29) is 0 Å². The summed E-state index contributed by atoms with van der Waals surface area (Å²) in [6, 6.07) is 7.79. The van der Waals surface area contributed by atoms with Gasteiger partial charge in [0.05, 0.1) is 6.26 Å². The van der Waals surface area contributed by atoms with Gasteiger partial charge in [-0.3, -0.25) is 0 Å². The van der Waals surface area contributed by atoms with Crippen LogP contribution in [0.15, 0.2) is 41.1 Å². The van der Waals surface area contributed by atoms with Crippen LogP contribution in [0.5, 0.6) is 0 Å². The van der Waals surface area contributed by atoms with E-state index in [9.17, 15) is 0 Å². The lowest BCUT2D eigenvalue weighted by Gasteiger charge is -2.26. The fourth-order valence-electron chi connectivity index (χ4n) is 3.19. The molecular formula is C17H20N4O. The van der Waals surface area contributed by atoms with Crippen molar-refractivity contribution in [1.82, 2.24) is 19.4 Å². The fourth-order valence-corrected chi connectivity index (χ4v) is 3.19. The lowest BCUT2D eigenvalue weighted by atomic mass is 10.1. The number of imidazole rings is 1. The van der Waals surface area contributed by atoms with Crippen LogP contribution in [0, 0.1) is 0 Å². The molecule has 0 unspecified atom stereocenters. The number of likely N-dealkylation sites (tertiary alicyclic amines) is 1. The Kier molecular flexibility index (Phi) is 3.64. The molecule has 114 valence electrons. The number of nitrogens with zero attached hydrogens (tertiary/aromatic N) is 4. The quantitative estimate of drug-likeness (QED) is 0.742. The van der Waals surface area contributed by atoms with Gasteiger partial charge in [0.15, 0.2) is 17.2 Å². The standard InChI is InChI=1S/C17H20N4O/c1-2-9-20(10-3-1)11-12-21-16-14(6-4-8-18-16)19-17(21)15-7-5-13-22-15/h4-8,13H,1-3,9-12H2. The van der Waals surface area contributed by atoms with E-state index >= 15 is 0 Å². The molecule has 5 nitrogen and oxygen atoms in total. The predicted octanol–water partition coefficient (Wildman–Crippen LogP) is 3.18. The van der Waals surface area contributed by atoms with Gasteiger partial charge in [0.2, 0.25) is 0 Å². The summed E-state index contributed by atoms with van der Waals surface area (Å²) >= 11 is 0. The summed E-state index contributed by atoms with van der Waals surface area (Å²) in [6.45, 7) is 4.34. The Hall–Kier alpha value is -2.14. The molecule has 0 radical (unpaired) electrons. The van der Waals surface area contributed by atoms with Gasteiger partial charge in [0.1, 0.15) is 5.52 Å². The maximum Gasteiger partial charge on any atom is 0.178 e. The largest absolute Gasteiger partial charge is 0.461 e. The van der Waals surface area contributed by atoms with Crippen molar-refractivity contribution in [3.8, 4) is 11.6 Å². The normalized spacial score (nSPS) is 16.4. The zero-order chi connectivity index (χ0) is 14.8. The first kappa shape index (κ1) is 13.5. The van der Waals surface area contributed by atoms with E-state index in [1.54, 1.807) is 6.26 Å². The van der Waals surface area contributed by atoms with Gasteiger partial charge in [-0.15, -0.1) is 0 Å². The molecule has 3 aromatic heterocycles. The number of piperidine rings is 1. The Bertz CT molecular complexity index is 741. The molecule has 0 amide bonds. The minimum atomic E-state index is 0.802. The Balaban J connectivity index is 1.66. The fraction of sp³-hybridized carbons (Fsp3) is 0.412. The maximum atomic E-state index is 5.56. The Morgan fingerprint density at radius 1 is 1.05 bits per heavy atom. The van der Waals surface area contributed by atoms with E-state index in [1.807, 2.05) is 30.5 Å². The predicted molar refractivity (Wildman–Crippen MR) is 85.5 cm³/mol. The molecule has 1 saturated heterocycles. The number of hydrogen-bond donors (Lipinski definition) is 0. The van der Waals surface area contributed by atoms with Gasteiger partial charge in [-0.1, -0.05) is 6.42 Å². The van der Waals surface area contributed by atoms with Gasteiger partial charge in [0, 0.05) is 19.3 Å². The SMILES string of the molecule is c1coc(-c2nc3cccnc3n2CCN2CCCCC2)c1. The van der Waals surface area contributed by atoms with E-state index in [2.05, 4.69) is 14.5 Å². The molecule has 1 aliphatic rings. The second-order valence-corrected chi connectivity index (χ2v) is 5.81. The molecule has 4 heterocycles. The summed E-state index contributed by atoms with van der Waals surface area (Å²) in [4.78, 5) is 11.8. The molecule has 3 aromatic rings. The van der Waals surface area contributed by atoms with Gasteiger partial charge in [-0.05, 0) is 50.2 Å². The Morgan fingerprint density at radius 3 is 2.77 bits per heavy atom.